The fourth-order valence-electron chi connectivity index (χ4n) is 1.17. The summed E-state index contributed by atoms with van der Waals surface area (Å²) in [5, 5.41) is -0.500. The maximum atomic E-state index is 12.9. The number of hydrogen-bond acceptors (Lipinski definition) is 1. The van der Waals surface area contributed by atoms with E-state index in [1.807, 2.05) is 0 Å². The van der Waals surface area contributed by atoms with E-state index in [-0.39, 0.29) is 6.42 Å². The summed E-state index contributed by atoms with van der Waals surface area (Å²) in [5.41, 5.74) is -0.827. The first-order chi connectivity index (χ1) is 7.64. The zero-order valence-electron chi connectivity index (χ0n) is 8.26. The van der Waals surface area contributed by atoms with E-state index in [2.05, 4.69) is 12.6 Å². The summed E-state index contributed by atoms with van der Waals surface area (Å²) in [6.45, 7) is 0. The first-order valence-corrected chi connectivity index (χ1v) is 4.85. The number of thiol groups is 1. The largest absolute Gasteiger partial charge is 0.458 e. The molecule has 0 bridgehead atoms. The van der Waals surface area contributed by atoms with Gasteiger partial charge >= 0.3 is 12.1 Å². The molecule has 0 aliphatic carbocycles. The highest BCUT2D eigenvalue weighted by Gasteiger charge is 2.58. The summed E-state index contributed by atoms with van der Waals surface area (Å²) in [6, 6.07) is 3.39. The molecule has 0 atom stereocenters. The van der Waals surface area contributed by atoms with Gasteiger partial charge in [0, 0.05) is 12.0 Å². The van der Waals surface area contributed by atoms with Gasteiger partial charge < -0.3 is 0 Å². The normalized spacial score (nSPS) is 12.6. The molecule has 17 heavy (non-hydrogen) atoms. The van der Waals surface area contributed by atoms with Gasteiger partial charge in [-0.15, -0.1) is 12.6 Å². The van der Waals surface area contributed by atoms with Crippen molar-refractivity contribution in [2.75, 3.05) is 0 Å². The van der Waals surface area contributed by atoms with Crippen LogP contribution in [0, 0.1) is 0 Å². The van der Waals surface area contributed by atoms with Crippen LogP contribution in [0.15, 0.2) is 24.3 Å². The van der Waals surface area contributed by atoms with E-state index < -0.39 is 22.8 Å². The van der Waals surface area contributed by atoms with E-state index in [1.54, 1.807) is 0 Å². The molecule has 0 saturated heterocycles. The number of alkyl halides is 5. The van der Waals surface area contributed by atoms with Crippen LogP contribution in [0.4, 0.5) is 22.0 Å². The van der Waals surface area contributed by atoms with Crippen LogP contribution >= 0.6 is 12.6 Å². The summed E-state index contributed by atoms with van der Waals surface area (Å²) < 4.78 is 61.7. The lowest BCUT2D eigenvalue weighted by Gasteiger charge is -2.19. The number of benzene rings is 1. The van der Waals surface area contributed by atoms with Gasteiger partial charge in [0.15, 0.2) is 5.12 Å². The molecule has 7 heteroatoms. The van der Waals surface area contributed by atoms with Gasteiger partial charge in [0.2, 0.25) is 0 Å². The second-order valence-electron chi connectivity index (χ2n) is 3.34. The standard InChI is InChI=1S/C10H7F5OS/c11-9(12,10(13,14)15)7-3-1-6(2-4-7)5-8(16)17/h1-4H,5H2,(H,16,17). The fraction of sp³-hybridized carbons (Fsp3) is 0.300. The predicted molar refractivity (Wildman–Crippen MR) is 54.1 cm³/mol. The Labute approximate surface area is 99.0 Å². The Morgan fingerprint density at radius 2 is 1.53 bits per heavy atom. The molecule has 0 saturated carbocycles. The first-order valence-electron chi connectivity index (χ1n) is 4.40. The molecule has 1 nitrogen and oxygen atoms in total. The molecule has 1 aromatic carbocycles. The van der Waals surface area contributed by atoms with E-state index >= 15 is 0 Å². The predicted octanol–water partition coefficient (Wildman–Crippen LogP) is 3.34. The first kappa shape index (κ1) is 14.0. The third-order valence-corrected chi connectivity index (χ3v) is 2.19. The lowest BCUT2D eigenvalue weighted by molar-refractivity contribution is -0.289. The van der Waals surface area contributed by atoms with Gasteiger partial charge in [-0.2, -0.15) is 22.0 Å². The van der Waals surface area contributed by atoms with E-state index in [4.69, 9.17) is 0 Å². The molecule has 94 valence electrons. The lowest BCUT2D eigenvalue weighted by atomic mass is 10.0. The van der Waals surface area contributed by atoms with Crippen molar-refractivity contribution in [3.63, 3.8) is 0 Å². The highest BCUT2D eigenvalue weighted by Crippen LogP contribution is 2.43. The summed E-state index contributed by atoms with van der Waals surface area (Å²) in [6.07, 6.45) is -5.76. The number of halogens is 5. The summed E-state index contributed by atoms with van der Waals surface area (Å²) >= 11 is 3.47. The molecule has 0 aromatic heterocycles. The molecule has 0 heterocycles. The summed E-state index contributed by atoms with van der Waals surface area (Å²) in [4.78, 5) is 10.6. The van der Waals surface area contributed by atoms with E-state index in [0.29, 0.717) is 17.7 Å². The molecular formula is C10H7F5OS. The minimum Gasteiger partial charge on any atom is -0.287 e. The van der Waals surface area contributed by atoms with Crippen LogP contribution in [0.3, 0.4) is 0 Å². The van der Waals surface area contributed by atoms with Gasteiger partial charge in [-0.05, 0) is 5.56 Å². The quantitative estimate of drug-likeness (QED) is 0.658. The van der Waals surface area contributed by atoms with Gasteiger partial charge in [-0.25, -0.2) is 0 Å². The average molecular weight is 270 g/mol. The number of rotatable bonds is 3. The van der Waals surface area contributed by atoms with Crippen LogP contribution in [0.1, 0.15) is 11.1 Å². The van der Waals surface area contributed by atoms with Crippen LogP contribution < -0.4 is 0 Å². The molecule has 0 unspecified atom stereocenters. The van der Waals surface area contributed by atoms with Crippen LogP contribution in [0.5, 0.6) is 0 Å². The molecule has 0 fully saturated rings. The van der Waals surface area contributed by atoms with Crippen molar-refractivity contribution in [1.82, 2.24) is 0 Å². The van der Waals surface area contributed by atoms with Gasteiger partial charge in [-0.1, -0.05) is 24.3 Å². The maximum absolute atomic E-state index is 12.9. The lowest BCUT2D eigenvalue weighted by Crippen LogP contribution is -2.33. The molecule has 0 amide bonds. The summed E-state index contributed by atoms with van der Waals surface area (Å²) in [5.74, 6) is -4.89. The monoisotopic (exact) mass is 270 g/mol. The van der Waals surface area contributed by atoms with E-state index in [1.165, 1.54) is 0 Å². The molecule has 1 rings (SSSR count). The highest BCUT2D eigenvalue weighted by molar-refractivity contribution is 7.96. The van der Waals surface area contributed by atoms with E-state index in [9.17, 15) is 26.7 Å². The maximum Gasteiger partial charge on any atom is 0.458 e. The molecule has 0 spiro atoms. The Hall–Kier alpha value is -1.11. The average Bonchev–Trinajstić information content (AvgIpc) is 2.15. The topological polar surface area (TPSA) is 17.1 Å². The number of carbonyl (C=O) groups excluding carboxylic acids is 1. The van der Waals surface area contributed by atoms with Crippen molar-refractivity contribution in [3.8, 4) is 0 Å². The molecular weight excluding hydrogens is 263 g/mol. The zero-order valence-corrected chi connectivity index (χ0v) is 9.16. The van der Waals surface area contributed by atoms with Crippen LogP contribution in [0.2, 0.25) is 0 Å². The Kier molecular flexibility index (Phi) is 3.81. The Morgan fingerprint density at radius 1 is 1.06 bits per heavy atom. The third kappa shape index (κ3) is 3.18. The van der Waals surface area contributed by atoms with Gasteiger partial charge in [0.05, 0.1) is 0 Å². The third-order valence-electron chi connectivity index (χ3n) is 2.03. The van der Waals surface area contributed by atoms with Crippen LogP contribution in [-0.2, 0) is 17.1 Å². The van der Waals surface area contributed by atoms with Crippen LogP contribution in [0.25, 0.3) is 0 Å². The number of carbonyl (C=O) groups is 1. The van der Waals surface area contributed by atoms with Crippen molar-refractivity contribution >= 4 is 17.7 Å². The van der Waals surface area contributed by atoms with Crippen molar-refractivity contribution in [1.29, 1.82) is 0 Å². The fourth-order valence-corrected chi connectivity index (χ4v) is 1.35. The van der Waals surface area contributed by atoms with Crippen molar-refractivity contribution in [3.05, 3.63) is 35.4 Å². The molecule has 0 N–H and O–H groups in total. The summed E-state index contributed by atoms with van der Waals surface area (Å²) in [7, 11) is 0. The molecule has 0 radical (unpaired) electrons. The number of hydrogen-bond donors (Lipinski definition) is 1. The molecule has 1 aromatic rings. The van der Waals surface area contributed by atoms with Gasteiger partial charge in [0.25, 0.3) is 0 Å². The van der Waals surface area contributed by atoms with Crippen molar-refractivity contribution in [2.45, 2.75) is 18.5 Å². The van der Waals surface area contributed by atoms with Crippen molar-refractivity contribution < 1.29 is 26.7 Å². The van der Waals surface area contributed by atoms with Crippen LogP contribution in [-0.4, -0.2) is 11.3 Å². The highest BCUT2D eigenvalue weighted by atomic mass is 32.1. The SMILES string of the molecule is O=C(S)Cc1ccc(C(F)(F)C(F)(F)F)cc1. The van der Waals surface area contributed by atoms with Gasteiger partial charge in [0.1, 0.15) is 0 Å². The Morgan fingerprint density at radius 3 is 1.88 bits per heavy atom. The zero-order chi connectivity index (χ0) is 13.3. The van der Waals surface area contributed by atoms with Crippen molar-refractivity contribution in [2.24, 2.45) is 0 Å². The minimum atomic E-state index is -5.63. The van der Waals surface area contributed by atoms with E-state index in [0.717, 1.165) is 12.1 Å². The second kappa shape index (κ2) is 4.64. The van der Waals surface area contributed by atoms with Gasteiger partial charge in [-0.3, -0.25) is 4.79 Å². The minimum absolute atomic E-state index is 0.124. The Bertz CT molecular complexity index is 410. The Balaban J connectivity index is 2.99. The molecule has 0 aliphatic rings. The molecule has 0 aliphatic heterocycles. The second-order valence-corrected chi connectivity index (χ2v) is 3.84. The smallest absolute Gasteiger partial charge is 0.287 e.